The molecule has 34 heavy (non-hydrogen) atoms. The van der Waals surface area contributed by atoms with Crippen LogP contribution >= 0.6 is 27.7 Å². The highest BCUT2D eigenvalue weighted by molar-refractivity contribution is 9.10. The first kappa shape index (κ1) is 26.0. The minimum absolute atomic E-state index is 0.0291. The summed E-state index contributed by atoms with van der Waals surface area (Å²) in [5.74, 6) is 0.921. The molecular formula is C28H31BrN2O2S. The Kier molecular flexibility index (Phi) is 10.7. The fraction of sp³-hybridized carbons (Fsp3) is 0.286. The molecular weight excluding hydrogens is 508 g/mol. The zero-order valence-corrected chi connectivity index (χ0v) is 21.9. The number of hydrogen-bond acceptors (Lipinski definition) is 3. The van der Waals surface area contributed by atoms with Gasteiger partial charge in [0, 0.05) is 29.7 Å². The molecule has 178 valence electrons. The van der Waals surface area contributed by atoms with E-state index in [1.807, 2.05) is 79.7 Å². The van der Waals surface area contributed by atoms with Crippen LogP contribution < -0.4 is 5.32 Å². The van der Waals surface area contributed by atoms with Gasteiger partial charge in [-0.25, -0.2) is 0 Å². The lowest BCUT2D eigenvalue weighted by atomic mass is 10.0. The van der Waals surface area contributed by atoms with Gasteiger partial charge in [0.05, 0.1) is 5.75 Å². The maximum atomic E-state index is 13.5. The summed E-state index contributed by atoms with van der Waals surface area (Å²) < 4.78 is 1.04. The lowest BCUT2D eigenvalue weighted by Crippen LogP contribution is -2.51. The summed E-state index contributed by atoms with van der Waals surface area (Å²) in [4.78, 5) is 28.5. The van der Waals surface area contributed by atoms with Crippen molar-refractivity contribution in [3.05, 3.63) is 106 Å². The van der Waals surface area contributed by atoms with E-state index in [4.69, 9.17) is 0 Å². The monoisotopic (exact) mass is 538 g/mol. The van der Waals surface area contributed by atoms with E-state index < -0.39 is 6.04 Å². The van der Waals surface area contributed by atoms with Crippen molar-refractivity contribution in [2.24, 2.45) is 0 Å². The highest BCUT2D eigenvalue weighted by Crippen LogP contribution is 2.19. The van der Waals surface area contributed by atoms with Crippen LogP contribution in [0.1, 0.15) is 30.0 Å². The summed E-state index contributed by atoms with van der Waals surface area (Å²) in [6, 6.07) is 27.3. The molecule has 4 nitrogen and oxygen atoms in total. The van der Waals surface area contributed by atoms with Crippen LogP contribution in [0.3, 0.4) is 0 Å². The largest absolute Gasteiger partial charge is 0.354 e. The molecule has 6 heteroatoms. The van der Waals surface area contributed by atoms with Crippen molar-refractivity contribution in [1.29, 1.82) is 0 Å². The minimum atomic E-state index is -0.574. The Morgan fingerprint density at radius 2 is 1.50 bits per heavy atom. The van der Waals surface area contributed by atoms with Crippen molar-refractivity contribution in [2.75, 3.05) is 12.3 Å². The molecule has 0 saturated carbocycles. The smallest absolute Gasteiger partial charge is 0.243 e. The Hall–Kier alpha value is -2.57. The third-order valence-electron chi connectivity index (χ3n) is 5.42. The number of nitrogens with one attached hydrogen (secondary N) is 1. The summed E-state index contributed by atoms with van der Waals surface area (Å²) in [5, 5.41) is 3.02. The average Bonchev–Trinajstić information content (AvgIpc) is 2.87. The molecule has 0 spiro atoms. The zero-order valence-electron chi connectivity index (χ0n) is 19.5. The fourth-order valence-electron chi connectivity index (χ4n) is 3.62. The normalized spacial score (nSPS) is 11.6. The number of carbonyl (C=O) groups excluding carboxylic acids is 2. The standard InChI is InChI=1S/C28H31BrN2O2S/c1-2-17-30-28(33)26(18-22-9-5-3-6-10-22)31(19-23-11-7-4-8-12-23)27(32)21-34-20-24-13-15-25(29)16-14-24/h3-16,26H,2,17-21H2,1H3,(H,30,33)/t26-/m0/s1. The number of nitrogens with zero attached hydrogens (tertiary/aromatic N) is 1. The second-order valence-electron chi connectivity index (χ2n) is 8.12. The second-order valence-corrected chi connectivity index (χ2v) is 10.0. The molecule has 0 radical (unpaired) electrons. The molecule has 1 atom stereocenters. The summed E-state index contributed by atoms with van der Waals surface area (Å²) in [5.41, 5.74) is 3.21. The molecule has 0 unspecified atom stereocenters. The average molecular weight is 540 g/mol. The van der Waals surface area contributed by atoms with Crippen molar-refractivity contribution in [3.8, 4) is 0 Å². The molecule has 2 amide bonds. The third-order valence-corrected chi connectivity index (χ3v) is 6.94. The SMILES string of the molecule is CCCNC(=O)[C@H](Cc1ccccc1)N(Cc1ccccc1)C(=O)CSCc1ccc(Br)cc1. The predicted molar refractivity (Wildman–Crippen MR) is 145 cm³/mol. The maximum absolute atomic E-state index is 13.5. The number of thioether (sulfide) groups is 1. The molecule has 3 rings (SSSR count). The quantitative estimate of drug-likeness (QED) is 0.314. The first-order chi connectivity index (χ1) is 16.6. The van der Waals surface area contributed by atoms with E-state index >= 15 is 0 Å². The summed E-state index contributed by atoms with van der Waals surface area (Å²) in [7, 11) is 0. The molecule has 1 N–H and O–H groups in total. The van der Waals surface area contributed by atoms with Crippen molar-refractivity contribution >= 4 is 39.5 Å². The van der Waals surface area contributed by atoms with Crippen LogP contribution in [0, 0.1) is 0 Å². The first-order valence-electron chi connectivity index (χ1n) is 11.5. The van der Waals surface area contributed by atoms with Gasteiger partial charge in [0.1, 0.15) is 6.04 Å². The molecule has 0 aliphatic heterocycles. The van der Waals surface area contributed by atoms with E-state index in [0.29, 0.717) is 25.3 Å². The van der Waals surface area contributed by atoms with Crippen molar-refractivity contribution in [3.63, 3.8) is 0 Å². The molecule has 3 aromatic rings. The molecule has 3 aromatic carbocycles. The zero-order chi connectivity index (χ0) is 24.2. The molecule has 0 heterocycles. The number of hydrogen-bond donors (Lipinski definition) is 1. The summed E-state index contributed by atoms with van der Waals surface area (Å²) >= 11 is 5.03. The van der Waals surface area contributed by atoms with Gasteiger partial charge < -0.3 is 10.2 Å². The Labute approximate surface area is 215 Å². The topological polar surface area (TPSA) is 49.4 Å². The van der Waals surface area contributed by atoms with Gasteiger partial charge in [-0.3, -0.25) is 9.59 Å². The van der Waals surface area contributed by atoms with Crippen molar-refractivity contribution in [1.82, 2.24) is 10.2 Å². The van der Waals surface area contributed by atoms with Gasteiger partial charge in [-0.15, -0.1) is 11.8 Å². The number of benzene rings is 3. The highest BCUT2D eigenvalue weighted by atomic mass is 79.9. The van der Waals surface area contributed by atoms with Crippen LogP contribution in [0.15, 0.2) is 89.4 Å². The van der Waals surface area contributed by atoms with E-state index in [-0.39, 0.29) is 11.8 Å². The van der Waals surface area contributed by atoms with Gasteiger partial charge in [0.25, 0.3) is 0 Å². The molecule has 0 bridgehead atoms. The first-order valence-corrected chi connectivity index (χ1v) is 13.5. The maximum Gasteiger partial charge on any atom is 0.243 e. The van der Waals surface area contributed by atoms with Crippen LogP contribution in [-0.2, 0) is 28.3 Å². The number of halogens is 1. The van der Waals surface area contributed by atoms with E-state index in [1.165, 1.54) is 0 Å². The minimum Gasteiger partial charge on any atom is -0.354 e. The van der Waals surface area contributed by atoms with Gasteiger partial charge in [0.15, 0.2) is 0 Å². The molecule has 0 aromatic heterocycles. The van der Waals surface area contributed by atoms with Gasteiger partial charge in [-0.2, -0.15) is 0 Å². The number of carbonyl (C=O) groups is 2. The van der Waals surface area contributed by atoms with Crippen LogP contribution in [-0.4, -0.2) is 35.1 Å². The highest BCUT2D eigenvalue weighted by Gasteiger charge is 2.30. The van der Waals surface area contributed by atoms with Crippen LogP contribution in [0.5, 0.6) is 0 Å². The Bertz CT molecular complexity index is 1030. The van der Waals surface area contributed by atoms with Gasteiger partial charge >= 0.3 is 0 Å². The summed E-state index contributed by atoms with van der Waals surface area (Å²) in [6.45, 7) is 3.02. The predicted octanol–water partition coefficient (Wildman–Crippen LogP) is 5.85. The van der Waals surface area contributed by atoms with Crippen LogP contribution in [0.2, 0.25) is 0 Å². The third kappa shape index (κ3) is 8.33. The number of amides is 2. The van der Waals surface area contributed by atoms with E-state index in [9.17, 15) is 9.59 Å². The molecule has 0 fully saturated rings. The Balaban J connectivity index is 1.79. The Morgan fingerprint density at radius 1 is 0.882 bits per heavy atom. The van der Waals surface area contributed by atoms with Crippen molar-refractivity contribution in [2.45, 2.75) is 38.1 Å². The lowest BCUT2D eigenvalue weighted by Gasteiger charge is -2.31. The molecule has 0 saturated heterocycles. The van der Waals surface area contributed by atoms with Gasteiger partial charge in [-0.1, -0.05) is 95.7 Å². The van der Waals surface area contributed by atoms with E-state index in [2.05, 4.69) is 33.4 Å². The van der Waals surface area contributed by atoms with E-state index in [1.54, 1.807) is 16.7 Å². The number of rotatable bonds is 12. The van der Waals surface area contributed by atoms with Gasteiger partial charge in [0.2, 0.25) is 11.8 Å². The second kappa shape index (κ2) is 14.0. The molecule has 0 aliphatic rings. The molecule has 0 aliphatic carbocycles. The van der Waals surface area contributed by atoms with Crippen LogP contribution in [0.25, 0.3) is 0 Å². The summed E-state index contributed by atoms with van der Waals surface area (Å²) in [6.07, 6.45) is 1.33. The van der Waals surface area contributed by atoms with Gasteiger partial charge in [-0.05, 0) is 35.2 Å². The van der Waals surface area contributed by atoms with Crippen LogP contribution in [0.4, 0.5) is 0 Å². The van der Waals surface area contributed by atoms with E-state index in [0.717, 1.165) is 33.3 Å². The Morgan fingerprint density at radius 3 is 2.12 bits per heavy atom. The lowest BCUT2D eigenvalue weighted by molar-refractivity contribution is -0.139. The fourth-order valence-corrected chi connectivity index (χ4v) is 4.75. The van der Waals surface area contributed by atoms with Crippen molar-refractivity contribution < 1.29 is 9.59 Å².